The van der Waals surface area contributed by atoms with E-state index in [0.29, 0.717) is 0 Å². The Morgan fingerprint density at radius 1 is 0.389 bits per heavy atom. The smallest absolute Gasteiger partial charge is 0.159 e. The van der Waals surface area contributed by atoms with Crippen molar-refractivity contribution in [1.82, 2.24) is 0 Å². The van der Waals surface area contributed by atoms with Crippen LogP contribution in [-0.4, -0.2) is 0 Å². The normalized spacial score (nSPS) is 13.5. The van der Waals surface area contributed by atoms with E-state index in [1.54, 1.807) is 0 Å². The van der Waals surface area contributed by atoms with E-state index < -0.39 is 0 Å². The molecule has 0 bridgehead atoms. The molecule has 0 radical (unpaired) electrons. The lowest BCUT2D eigenvalue weighted by atomic mass is 9.67. The Balaban J connectivity index is 1.00. The molecule has 4 nitrogen and oxygen atoms in total. The molecule has 72 heavy (non-hydrogen) atoms. The van der Waals surface area contributed by atoms with Crippen LogP contribution in [0.4, 0.5) is 34.1 Å². The Bertz CT molecular complexity index is 4150. The van der Waals surface area contributed by atoms with Crippen LogP contribution in [0.15, 0.2) is 197 Å². The average molecular weight is 935 g/mol. The van der Waals surface area contributed by atoms with Crippen LogP contribution in [0.5, 0.6) is 0 Å². The van der Waals surface area contributed by atoms with E-state index >= 15 is 0 Å². The summed E-state index contributed by atoms with van der Waals surface area (Å²) in [5, 5.41) is 9.52. The van der Waals surface area contributed by atoms with Crippen LogP contribution < -0.4 is 9.80 Å². The van der Waals surface area contributed by atoms with Gasteiger partial charge in [0, 0.05) is 49.7 Å². The Hall–Kier alpha value is -8.08. The minimum atomic E-state index is -0.333. The third-order valence-corrected chi connectivity index (χ3v) is 15.8. The van der Waals surface area contributed by atoms with Crippen LogP contribution in [0, 0.1) is 6.92 Å². The van der Waals surface area contributed by atoms with Gasteiger partial charge in [0.1, 0.15) is 11.2 Å². The van der Waals surface area contributed by atoms with E-state index in [0.717, 1.165) is 78.0 Å². The van der Waals surface area contributed by atoms with Crippen molar-refractivity contribution < 1.29 is 8.83 Å². The molecule has 2 heterocycles. The molecule has 12 aromatic rings. The molecule has 352 valence electrons. The summed E-state index contributed by atoms with van der Waals surface area (Å²) in [6.45, 7) is 20.8. The van der Waals surface area contributed by atoms with E-state index in [9.17, 15) is 0 Å². The van der Waals surface area contributed by atoms with E-state index in [1.807, 2.05) is 12.1 Å². The minimum Gasteiger partial charge on any atom is -0.454 e. The first-order chi connectivity index (χ1) is 34.6. The molecule has 0 unspecified atom stereocenters. The first kappa shape index (κ1) is 43.9. The van der Waals surface area contributed by atoms with Crippen molar-refractivity contribution in [1.29, 1.82) is 0 Å². The van der Waals surface area contributed by atoms with E-state index in [2.05, 4.69) is 248 Å². The molecule has 2 aromatic heterocycles. The molecule has 0 N–H and O–H groups in total. The van der Waals surface area contributed by atoms with Gasteiger partial charge in [-0.3, -0.25) is 0 Å². The number of aryl methyl sites for hydroxylation is 1. The highest BCUT2D eigenvalue weighted by molar-refractivity contribution is 6.20. The molecule has 0 saturated carbocycles. The molecule has 0 saturated heterocycles. The molecule has 4 heteroatoms. The molecular weight excluding hydrogens is 877 g/mol. The van der Waals surface area contributed by atoms with E-state index in [-0.39, 0.29) is 16.2 Å². The van der Waals surface area contributed by atoms with Gasteiger partial charge in [-0.2, -0.15) is 0 Å². The summed E-state index contributed by atoms with van der Waals surface area (Å²) < 4.78 is 13.5. The van der Waals surface area contributed by atoms with Gasteiger partial charge in [0.05, 0.1) is 11.4 Å². The van der Waals surface area contributed by atoms with Crippen molar-refractivity contribution in [2.24, 2.45) is 0 Å². The van der Waals surface area contributed by atoms with Gasteiger partial charge in [0.2, 0.25) is 0 Å². The molecule has 0 aliphatic heterocycles. The van der Waals surface area contributed by atoms with Gasteiger partial charge in [-0.1, -0.05) is 171 Å². The van der Waals surface area contributed by atoms with Crippen LogP contribution in [0.3, 0.4) is 0 Å². The highest BCUT2D eigenvalue weighted by atomic mass is 16.3. The number of rotatable bonds is 6. The molecule has 0 amide bonds. The minimum absolute atomic E-state index is 0.0255. The molecular formula is C68H58N2O2. The number of furan rings is 2. The summed E-state index contributed by atoms with van der Waals surface area (Å²) >= 11 is 0. The van der Waals surface area contributed by atoms with Gasteiger partial charge < -0.3 is 18.6 Å². The molecule has 1 aliphatic rings. The Labute approximate surface area is 421 Å². The summed E-state index contributed by atoms with van der Waals surface area (Å²) in [5.74, 6) is 0. The highest BCUT2D eigenvalue weighted by Gasteiger charge is 2.36. The van der Waals surface area contributed by atoms with Crippen molar-refractivity contribution in [3.63, 3.8) is 0 Å². The third kappa shape index (κ3) is 6.65. The van der Waals surface area contributed by atoms with Crippen molar-refractivity contribution in [3.05, 3.63) is 216 Å². The second-order valence-corrected chi connectivity index (χ2v) is 22.6. The summed E-state index contributed by atoms with van der Waals surface area (Å²) in [6.07, 6.45) is 0. The molecule has 0 atom stereocenters. The standard InChI is InChI=1S/C68H58N2O2/c1-41-48-37-35-46(69(44-31-27-42(28-32-44)66(2,3)4)58-23-15-20-52-49-17-10-12-25-60(49)71-64(52)58)39-55(48)51-19-14-22-56-63(51)62(41)54-38-36-47(40-57(54)68(56,8)9)70(45-33-29-43(30-34-45)67(5,6)7)59-24-16-21-53-50-18-11-13-26-61(50)72-65(53)59/h10-40H,1-9H3. The van der Waals surface area contributed by atoms with Crippen molar-refractivity contribution >= 4 is 99.5 Å². The van der Waals surface area contributed by atoms with E-state index in [1.165, 1.54) is 60.5 Å². The second-order valence-electron chi connectivity index (χ2n) is 22.6. The summed E-state index contributed by atoms with van der Waals surface area (Å²) in [6, 6.07) is 69.2. The Kier molecular flexibility index (Phi) is 9.58. The average Bonchev–Trinajstić information content (AvgIpc) is 3.96. The number of hydrogen-bond acceptors (Lipinski definition) is 4. The monoisotopic (exact) mass is 934 g/mol. The van der Waals surface area contributed by atoms with E-state index in [4.69, 9.17) is 8.83 Å². The van der Waals surface area contributed by atoms with Crippen molar-refractivity contribution in [2.75, 3.05) is 9.80 Å². The number of hydrogen-bond donors (Lipinski definition) is 0. The molecule has 0 fully saturated rings. The SMILES string of the molecule is Cc1c2c3c(cccc3c3cc(N(c4ccc(C(C)(C)C)cc4)c4cccc5c4oc4ccccc45)ccc13)C(C)(C)c1cc(N(c3ccc(C(C)(C)C)cc3)c3cccc4c3oc3ccccc34)ccc1-2. The number of anilines is 6. The quantitative estimate of drug-likeness (QED) is 0.156. The maximum atomic E-state index is 6.75. The number of benzene rings is 10. The fourth-order valence-corrected chi connectivity index (χ4v) is 11.9. The van der Waals surface area contributed by atoms with Gasteiger partial charge in [-0.15, -0.1) is 0 Å². The molecule has 13 rings (SSSR count). The summed E-state index contributed by atoms with van der Waals surface area (Å²) in [4.78, 5) is 4.78. The van der Waals surface area contributed by atoms with Gasteiger partial charge >= 0.3 is 0 Å². The predicted molar refractivity (Wildman–Crippen MR) is 305 cm³/mol. The Morgan fingerprint density at radius 2 is 0.847 bits per heavy atom. The van der Waals surface area contributed by atoms with Gasteiger partial charge in [-0.05, 0) is 151 Å². The van der Waals surface area contributed by atoms with Crippen LogP contribution in [0.1, 0.15) is 83.2 Å². The molecule has 0 spiro atoms. The zero-order chi connectivity index (χ0) is 49.4. The summed E-state index contributed by atoms with van der Waals surface area (Å²) in [7, 11) is 0. The highest BCUT2D eigenvalue weighted by Crippen LogP contribution is 2.55. The first-order valence-electron chi connectivity index (χ1n) is 25.4. The third-order valence-electron chi connectivity index (χ3n) is 15.8. The zero-order valence-corrected chi connectivity index (χ0v) is 42.6. The topological polar surface area (TPSA) is 32.8 Å². The van der Waals surface area contributed by atoms with Crippen molar-refractivity contribution in [3.8, 4) is 11.1 Å². The van der Waals surface area contributed by atoms with Gasteiger partial charge in [-0.25, -0.2) is 0 Å². The van der Waals surface area contributed by atoms with Crippen LogP contribution >= 0.6 is 0 Å². The first-order valence-corrected chi connectivity index (χ1v) is 25.4. The summed E-state index contributed by atoms with van der Waals surface area (Å²) in [5.41, 5.74) is 18.7. The molecule has 10 aromatic carbocycles. The van der Waals surface area contributed by atoms with Crippen LogP contribution in [-0.2, 0) is 16.2 Å². The van der Waals surface area contributed by atoms with Crippen molar-refractivity contribution in [2.45, 2.75) is 78.6 Å². The van der Waals surface area contributed by atoms with Crippen LogP contribution in [0.25, 0.3) is 76.5 Å². The lowest BCUT2D eigenvalue weighted by molar-refractivity contribution is 0.590. The maximum absolute atomic E-state index is 6.75. The number of nitrogens with zero attached hydrogens (tertiary/aromatic N) is 2. The largest absolute Gasteiger partial charge is 0.454 e. The lowest BCUT2D eigenvalue weighted by Crippen LogP contribution is -2.25. The van der Waals surface area contributed by atoms with Gasteiger partial charge in [0.25, 0.3) is 0 Å². The predicted octanol–water partition coefficient (Wildman–Crippen LogP) is 19.9. The van der Waals surface area contributed by atoms with Gasteiger partial charge in [0.15, 0.2) is 11.2 Å². The number of para-hydroxylation sites is 4. The number of fused-ring (bicyclic) bond motifs is 10. The molecule has 1 aliphatic carbocycles. The fraction of sp³-hybridized carbons (Fsp3) is 0.176. The fourth-order valence-electron chi connectivity index (χ4n) is 11.9. The lowest BCUT2D eigenvalue weighted by Gasteiger charge is -2.37. The van der Waals surface area contributed by atoms with Crippen LogP contribution in [0.2, 0.25) is 0 Å². The maximum Gasteiger partial charge on any atom is 0.159 e. The Morgan fingerprint density at radius 3 is 1.39 bits per heavy atom. The second kappa shape index (κ2) is 15.7. The zero-order valence-electron chi connectivity index (χ0n) is 42.6.